The second-order valence-electron chi connectivity index (χ2n) is 8.37. The van der Waals surface area contributed by atoms with Crippen LogP contribution in [0.5, 0.6) is 0 Å². The zero-order chi connectivity index (χ0) is 22.7. The molecule has 31 heavy (non-hydrogen) atoms. The number of benzene rings is 1. The smallest absolute Gasteiger partial charge is 0.309 e. The van der Waals surface area contributed by atoms with Crippen molar-refractivity contribution in [2.24, 2.45) is 22.6 Å². The van der Waals surface area contributed by atoms with Crippen molar-refractivity contribution in [2.45, 2.75) is 33.7 Å². The Balaban J connectivity index is 1.69. The van der Waals surface area contributed by atoms with Gasteiger partial charge in [-0.15, -0.1) is 0 Å². The van der Waals surface area contributed by atoms with Crippen molar-refractivity contribution in [3.05, 3.63) is 63.4 Å². The maximum Gasteiger partial charge on any atom is 0.309 e. The second-order valence-corrected chi connectivity index (χ2v) is 8.78. The molecule has 1 aromatic carbocycles. The predicted octanol–water partition coefficient (Wildman–Crippen LogP) is 3.30. The first kappa shape index (κ1) is 22.9. The van der Waals surface area contributed by atoms with Gasteiger partial charge in [0.05, 0.1) is 11.6 Å². The Kier molecular flexibility index (Phi) is 7.08. The third kappa shape index (κ3) is 5.68. The molecule has 2 heterocycles. The average molecular weight is 443 g/mol. The summed E-state index contributed by atoms with van der Waals surface area (Å²) in [6.45, 7) is 7.64. The number of hydrogen-bond donors (Lipinski definition) is 2. The highest BCUT2D eigenvalue weighted by Gasteiger charge is 2.32. The molecule has 0 spiro atoms. The summed E-state index contributed by atoms with van der Waals surface area (Å²) >= 11 is 6.32. The maximum atomic E-state index is 12.6. The maximum absolute atomic E-state index is 12.6. The molecule has 0 saturated carbocycles. The molecule has 0 atom stereocenters. The molecule has 1 amide bonds. The minimum atomic E-state index is -0.764. The molecule has 164 valence electrons. The van der Waals surface area contributed by atoms with Crippen LogP contribution in [0.3, 0.4) is 0 Å². The number of aryl methyl sites for hydroxylation is 1. The Bertz CT molecular complexity index is 1030. The number of aromatic nitrogens is 1. The first-order valence-electron chi connectivity index (χ1n) is 10.2. The van der Waals surface area contributed by atoms with Crippen LogP contribution in [0.2, 0.25) is 5.02 Å². The van der Waals surface area contributed by atoms with E-state index in [1.807, 2.05) is 17.0 Å². The Hall–Kier alpha value is -2.77. The largest absolute Gasteiger partial charge is 0.481 e. The number of carboxylic acid groups (broad SMARTS) is 1. The van der Waals surface area contributed by atoms with Crippen LogP contribution in [0, 0.1) is 18.8 Å². The number of hydrogen-bond acceptors (Lipinski definition) is 4. The number of nitrogens with zero attached hydrogens (tertiary/aromatic N) is 3. The van der Waals surface area contributed by atoms with E-state index in [9.17, 15) is 9.59 Å². The zero-order valence-corrected chi connectivity index (χ0v) is 18.7. The highest BCUT2D eigenvalue weighted by molar-refractivity contribution is 6.31. The van der Waals surface area contributed by atoms with Crippen molar-refractivity contribution < 1.29 is 14.7 Å². The third-order valence-electron chi connectivity index (χ3n) is 5.26. The van der Waals surface area contributed by atoms with Gasteiger partial charge in [-0.25, -0.2) is 0 Å². The number of likely N-dealkylation sites (tertiary alicyclic amines) is 1. The topological polar surface area (TPSA) is 109 Å². The molecule has 7 nitrogen and oxygen atoms in total. The molecule has 1 aliphatic rings. The van der Waals surface area contributed by atoms with Crippen LogP contribution in [0.25, 0.3) is 0 Å². The van der Waals surface area contributed by atoms with E-state index in [4.69, 9.17) is 22.4 Å². The molecular formula is C23H27ClN4O3. The van der Waals surface area contributed by atoms with Crippen molar-refractivity contribution in [2.75, 3.05) is 13.1 Å². The van der Waals surface area contributed by atoms with Gasteiger partial charge in [0.2, 0.25) is 0 Å². The summed E-state index contributed by atoms with van der Waals surface area (Å²) in [6.07, 6.45) is 0.838. The Morgan fingerprint density at radius 1 is 1.29 bits per heavy atom. The summed E-state index contributed by atoms with van der Waals surface area (Å²) in [4.78, 5) is 34.1. The summed E-state index contributed by atoms with van der Waals surface area (Å²) in [7, 11) is 0. The second kappa shape index (κ2) is 9.58. The van der Waals surface area contributed by atoms with Crippen LogP contribution >= 0.6 is 11.6 Å². The molecule has 0 bridgehead atoms. The first-order chi connectivity index (χ1) is 14.6. The summed E-state index contributed by atoms with van der Waals surface area (Å²) in [5.74, 6) is -0.966. The molecular weight excluding hydrogens is 416 g/mol. The van der Waals surface area contributed by atoms with Crippen molar-refractivity contribution in [1.29, 1.82) is 0 Å². The number of amidine groups is 1. The predicted molar refractivity (Wildman–Crippen MR) is 120 cm³/mol. The molecule has 1 fully saturated rings. The SMILES string of the molecule is Cc1nc(CN2CC(C(=O)O)C2)ccc1C(N)=NC(=O)c1ccc(CC(C)C)c(Cl)c1. The highest BCUT2D eigenvalue weighted by Crippen LogP contribution is 2.22. The molecule has 0 aliphatic carbocycles. The minimum absolute atomic E-state index is 0.0961. The van der Waals surface area contributed by atoms with Gasteiger partial charge in [-0.1, -0.05) is 31.5 Å². The molecule has 8 heteroatoms. The van der Waals surface area contributed by atoms with Gasteiger partial charge in [-0.3, -0.25) is 19.5 Å². The molecule has 0 radical (unpaired) electrons. The summed E-state index contributed by atoms with van der Waals surface area (Å²) in [5, 5.41) is 9.52. The van der Waals surface area contributed by atoms with Crippen LogP contribution in [0.15, 0.2) is 35.3 Å². The van der Waals surface area contributed by atoms with E-state index >= 15 is 0 Å². The quantitative estimate of drug-likeness (QED) is 0.503. The lowest BCUT2D eigenvalue weighted by atomic mass is 10.0. The van der Waals surface area contributed by atoms with E-state index in [2.05, 4.69) is 23.8 Å². The average Bonchev–Trinajstić information content (AvgIpc) is 2.65. The monoisotopic (exact) mass is 442 g/mol. The first-order valence-corrected chi connectivity index (χ1v) is 10.6. The van der Waals surface area contributed by atoms with Crippen molar-refractivity contribution in [3.63, 3.8) is 0 Å². The molecule has 3 rings (SSSR count). The van der Waals surface area contributed by atoms with Crippen LogP contribution in [-0.4, -0.2) is 45.8 Å². The lowest BCUT2D eigenvalue weighted by molar-refractivity contribution is -0.147. The fraction of sp³-hybridized carbons (Fsp3) is 0.391. The number of nitrogens with two attached hydrogens (primary N) is 1. The third-order valence-corrected chi connectivity index (χ3v) is 5.61. The van der Waals surface area contributed by atoms with Gasteiger partial charge < -0.3 is 10.8 Å². The number of carbonyl (C=O) groups is 2. The number of aliphatic carboxylic acids is 1. The Labute approximate surface area is 186 Å². The van der Waals surface area contributed by atoms with Gasteiger partial charge in [0.25, 0.3) is 5.91 Å². The summed E-state index contributed by atoms with van der Waals surface area (Å²) in [6, 6.07) is 8.81. The summed E-state index contributed by atoms with van der Waals surface area (Å²) in [5.41, 5.74) is 9.53. The number of halogens is 1. The Morgan fingerprint density at radius 3 is 2.58 bits per heavy atom. The number of aliphatic imine (C=N–C) groups is 1. The number of carboxylic acids is 1. The number of rotatable bonds is 7. The zero-order valence-electron chi connectivity index (χ0n) is 17.9. The molecule has 0 unspecified atom stereocenters. The van der Waals surface area contributed by atoms with Gasteiger partial charge in [0.15, 0.2) is 0 Å². The van der Waals surface area contributed by atoms with E-state index in [0.717, 1.165) is 17.7 Å². The van der Waals surface area contributed by atoms with Gasteiger partial charge in [0.1, 0.15) is 5.84 Å². The lowest BCUT2D eigenvalue weighted by Crippen LogP contribution is -2.49. The van der Waals surface area contributed by atoms with E-state index in [-0.39, 0.29) is 11.8 Å². The van der Waals surface area contributed by atoms with Crippen LogP contribution in [0.1, 0.15) is 46.7 Å². The van der Waals surface area contributed by atoms with Gasteiger partial charge in [0, 0.05) is 41.5 Å². The number of carbonyl (C=O) groups excluding carboxylic acids is 1. The van der Waals surface area contributed by atoms with Crippen LogP contribution < -0.4 is 5.73 Å². The van der Waals surface area contributed by atoms with Gasteiger partial charge in [-0.05, 0) is 49.1 Å². The number of amides is 1. The molecule has 1 aliphatic heterocycles. The highest BCUT2D eigenvalue weighted by atomic mass is 35.5. The lowest BCUT2D eigenvalue weighted by Gasteiger charge is -2.36. The fourth-order valence-corrected chi connectivity index (χ4v) is 3.83. The molecule has 2 aromatic rings. The van der Waals surface area contributed by atoms with Crippen LogP contribution in [0.4, 0.5) is 0 Å². The van der Waals surface area contributed by atoms with Crippen LogP contribution in [-0.2, 0) is 17.8 Å². The standard InChI is InChI=1S/C23H27ClN4O3/c1-13(2)8-15-4-5-16(9-20(15)24)22(29)27-21(25)19-7-6-18(26-14(19)3)12-28-10-17(11-28)23(30)31/h4-7,9,13,17H,8,10-12H2,1-3H3,(H,30,31)(H2,25,27,29). The Morgan fingerprint density at radius 2 is 2.00 bits per heavy atom. The molecule has 3 N–H and O–H groups in total. The molecule has 1 aromatic heterocycles. The van der Waals surface area contributed by atoms with E-state index in [0.29, 0.717) is 47.4 Å². The van der Waals surface area contributed by atoms with E-state index < -0.39 is 11.9 Å². The van der Waals surface area contributed by atoms with E-state index in [1.54, 1.807) is 25.1 Å². The van der Waals surface area contributed by atoms with Crippen molar-refractivity contribution in [1.82, 2.24) is 9.88 Å². The van der Waals surface area contributed by atoms with Crippen molar-refractivity contribution in [3.8, 4) is 0 Å². The fourth-order valence-electron chi connectivity index (χ4n) is 3.58. The normalized spacial score (nSPS) is 15.2. The van der Waals surface area contributed by atoms with Gasteiger partial charge in [-0.2, -0.15) is 4.99 Å². The van der Waals surface area contributed by atoms with Crippen molar-refractivity contribution >= 4 is 29.3 Å². The minimum Gasteiger partial charge on any atom is -0.481 e. The summed E-state index contributed by atoms with van der Waals surface area (Å²) < 4.78 is 0. The van der Waals surface area contributed by atoms with Gasteiger partial charge >= 0.3 is 5.97 Å². The van der Waals surface area contributed by atoms with E-state index in [1.165, 1.54) is 0 Å². The molecule has 1 saturated heterocycles. The number of pyridine rings is 1.